The fourth-order valence-electron chi connectivity index (χ4n) is 2.46. The minimum Gasteiger partial charge on any atom is -0.491 e. The Morgan fingerprint density at radius 3 is 2.63 bits per heavy atom. The molecule has 0 aliphatic rings. The number of nitrogens with one attached hydrogen (secondary N) is 2. The number of rotatable bonds is 10. The van der Waals surface area contributed by atoms with Gasteiger partial charge in [0, 0.05) is 29.4 Å². The molecule has 10 heteroatoms. The number of ether oxygens (including phenoxy) is 2. The van der Waals surface area contributed by atoms with Crippen molar-refractivity contribution in [2.24, 2.45) is 0 Å². The highest BCUT2D eigenvalue weighted by Gasteiger charge is 2.16. The monoisotopic (exact) mass is 447 g/mol. The summed E-state index contributed by atoms with van der Waals surface area (Å²) < 4.78 is 37.9. The molecule has 0 saturated carbocycles. The summed E-state index contributed by atoms with van der Waals surface area (Å²) in [5.74, 6) is 0.235. The zero-order chi connectivity index (χ0) is 21.4. The number of benzene rings is 2. The van der Waals surface area contributed by atoms with Crippen molar-refractivity contribution in [2.45, 2.75) is 11.8 Å². The largest absolute Gasteiger partial charge is 0.491 e. The Kier molecular flexibility index (Phi) is 7.39. The maximum absolute atomic E-state index is 12.5. The summed E-state index contributed by atoms with van der Waals surface area (Å²) in [4.78, 5) is 16.5. The van der Waals surface area contributed by atoms with Gasteiger partial charge in [0.05, 0.1) is 11.5 Å². The van der Waals surface area contributed by atoms with Crippen molar-refractivity contribution >= 4 is 38.1 Å². The first kappa shape index (κ1) is 21.8. The van der Waals surface area contributed by atoms with Crippen molar-refractivity contribution in [2.75, 3.05) is 29.9 Å². The van der Waals surface area contributed by atoms with Crippen LogP contribution >= 0.6 is 11.3 Å². The molecule has 158 valence electrons. The molecule has 0 atom stereocenters. The SMILES string of the molecule is CCOCCOc1cccc(C(=O)Nc2ccc(S(=O)(=O)Nc3nccs3)cc2)c1. The van der Waals surface area contributed by atoms with Gasteiger partial charge >= 0.3 is 0 Å². The molecule has 3 aromatic rings. The summed E-state index contributed by atoms with van der Waals surface area (Å²) in [6.45, 7) is 3.39. The lowest BCUT2D eigenvalue weighted by Gasteiger charge is -2.10. The summed E-state index contributed by atoms with van der Waals surface area (Å²) in [7, 11) is -3.74. The van der Waals surface area contributed by atoms with Crippen molar-refractivity contribution in [3.8, 4) is 5.75 Å². The molecule has 0 spiro atoms. The van der Waals surface area contributed by atoms with E-state index in [9.17, 15) is 13.2 Å². The van der Waals surface area contributed by atoms with Gasteiger partial charge in [-0.1, -0.05) is 6.07 Å². The van der Waals surface area contributed by atoms with Crippen LogP contribution in [-0.4, -0.2) is 39.1 Å². The first-order chi connectivity index (χ1) is 14.5. The second-order valence-electron chi connectivity index (χ2n) is 5.99. The Morgan fingerprint density at radius 1 is 1.13 bits per heavy atom. The molecule has 1 aromatic heterocycles. The second kappa shape index (κ2) is 10.2. The molecule has 0 unspecified atom stereocenters. The van der Waals surface area contributed by atoms with Crippen molar-refractivity contribution in [3.63, 3.8) is 0 Å². The van der Waals surface area contributed by atoms with Gasteiger partial charge in [0.1, 0.15) is 12.4 Å². The lowest BCUT2D eigenvalue weighted by Crippen LogP contribution is -2.14. The highest BCUT2D eigenvalue weighted by Crippen LogP contribution is 2.20. The molecule has 8 nitrogen and oxygen atoms in total. The van der Waals surface area contributed by atoms with Crippen LogP contribution in [0.2, 0.25) is 0 Å². The van der Waals surface area contributed by atoms with E-state index < -0.39 is 10.0 Å². The minimum absolute atomic E-state index is 0.0698. The van der Waals surface area contributed by atoms with Gasteiger partial charge in [0.2, 0.25) is 0 Å². The summed E-state index contributed by atoms with van der Waals surface area (Å²) in [5.41, 5.74) is 0.891. The number of carbonyl (C=O) groups is 1. The Balaban J connectivity index is 1.62. The van der Waals surface area contributed by atoms with E-state index in [0.717, 1.165) is 0 Å². The number of amides is 1. The molecule has 1 heterocycles. The van der Waals surface area contributed by atoms with Gasteiger partial charge in [-0.3, -0.25) is 9.52 Å². The molecule has 0 aliphatic heterocycles. The molecule has 1 amide bonds. The zero-order valence-corrected chi connectivity index (χ0v) is 17.8. The summed E-state index contributed by atoms with van der Waals surface area (Å²) in [5, 5.41) is 4.71. The molecular formula is C20H21N3O5S2. The predicted octanol–water partition coefficient (Wildman–Crippen LogP) is 3.61. The maximum atomic E-state index is 12.5. The summed E-state index contributed by atoms with van der Waals surface area (Å²) in [6.07, 6.45) is 1.51. The van der Waals surface area contributed by atoms with Crippen LogP contribution in [0.15, 0.2) is 65.0 Å². The van der Waals surface area contributed by atoms with Gasteiger partial charge in [0.15, 0.2) is 5.13 Å². The van der Waals surface area contributed by atoms with Crippen LogP contribution in [0.4, 0.5) is 10.8 Å². The third-order valence-electron chi connectivity index (χ3n) is 3.87. The fraction of sp³-hybridized carbons (Fsp3) is 0.200. The van der Waals surface area contributed by atoms with Gasteiger partial charge in [0.25, 0.3) is 15.9 Å². The van der Waals surface area contributed by atoms with Crippen molar-refractivity contribution in [1.29, 1.82) is 0 Å². The smallest absolute Gasteiger partial charge is 0.263 e. The molecule has 2 aromatic carbocycles. The highest BCUT2D eigenvalue weighted by atomic mass is 32.2. The number of nitrogens with zero attached hydrogens (tertiary/aromatic N) is 1. The first-order valence-electron chi connectivity index (χ1n) is 9.12. The topological polar surface area (TPSA) is 107 Å². The molecule has 2 N–H and O–H groups in total. The van der Waals surface area contributed by atoms with Crippen molar-refractivity contribution in [1.82, 2.24) is 4.98 Å². The van der Waals surface area contributed by atoms with Crippen LogP contribution in [0, 0.1) is 0 Å². The molecule has 0 saturated heterocycles. The summed E-state index contributed by atoms with van der Waals surface area (Å²) >= 11 is 1.19. The van der Waals surface area contributed by atoms with Gasteiger partial charge in [-0.25, -0.2) is 13.4 Å². The standard InChI is InChI=1S/C20H21N3O5S2/c1-2-27-11-12-28-17-5-3-4-15(14-17)19(24)22-16-6-8-18(9-7-16)30(25,26)23-20-21-10-13-29-20/h3-10,13-14H,2,11-12H2,1H3,(H,21,23)(H,22,24). The van der Waals surface area contributed by atoms with Crippen LogP contribution in [-0.2, 0) is 14.8 Å². The Bertz CT molecular complexity index is 1070. The third-order valence-corrected chi connectivity index (χ3v) is 6.05. The number of anilines is 2. The van der Waals surface area contributed by atoms with E-state index in [0.29, 0.717) is 36.8 Å². The van der Waals surface area contributed by atoms with E-state index in [-0.39, 0.29) is 15.9 Å². The van der Waals surface area contributed by atoms with Crippen LogP contribution in [0.5, 0.6) is 5.75 Å². The number of thiazole rings is 1. The molecular weight excluding hydrogens is 426 g/mol. The molecule has 0 radical (unpaired) electrons. The molecule has 0 aliphatic carbocycles. The second-order valence-corrected chi connectivity index (χ2v) is 8.57. The van der Waals surface area contributed by atoms with E-state index in [2.05, 4.69) is 15.0 Å². The Morgan fingerprint density at radius 2 is 1.93 bits per heavy atom. The van der Waals surface area contributed by atoms with Crippen molar-refractivity contribution < 1.29 is 22.7 Å². The Hall–Kier alpha value is -2.95. The lowest BCUT2D eigenvalue weighted by molar-refractivity contribution is 0.102. The summed E-state index contributed by atoms with van der Waals surface area (Å²) in [6, 6.07) is 12.7. The molecule has 3 rings (SSSR count). The number of sulfonamides is 1. The third kappa shape index (κ3) is 6.02. The van der Waals surface area contributed by atoms with E-state index in [4.69, 9.17) is 9.47 Å². The van der Waals surface area contributed by atoms with E-state index in [1.807, 2.05) is 6.92 Å². The molecule has 0 fully saturated rings. The van der Waals surface area contributed by atoms with Crippen LogP contribution < -0.4 is 14.8 Å². The van der Waals surface area contributed by atoms with Gasteiger partial charge < -0.3 is 14.8 Å². The van der Waals surface area contributed by atoms with Crippen LogP contribution in [0.3, 0.4) is 0 Å². The maximum Gasteiger partial charge on any atom is 0.263 e. The minimum atomic E-state index is -3.74. The normalized spacial score (nSPS) is 11.1. The van der Waals surface area contributed by atoms with E-state index in [1.54, 1.807) is 29.6 Å². The predicted molar refractivity (Wildman–Crippen MR) is 116 cm³/mol. The number of aromatic nitrogens is 1. The van der Waals surface area contributed by atoms with Gasteiger partial charge in [-0.15, -0.1) is 11.3 Å². The zero-order valence-electron chi connectivity index (χ0n) is 16.2. The fourth-order valence-corrected chi connectivity index (χ4v) is 4.25. The average Bonchev–Trinajstić information content (AvgIpc) is 3.24. The Labute approximate surface area is 178 Å². The number of hydrogen-bond donors (Lipinski definition) is 2. The van der Waals surface area contributed by atoms with Gasteiger partial charge in [-0.2, -0.15) is 0 Å². The van der Waals surface area contributed by atoms with Crippen molar-refractivity contribution in [3.05, 3.63) is 65.7 Å². The molecule has 30 heavy (non-hydrogen) atoms. The van der Waals surface area contributed by atoms with Crippen LogP contribution in [0.1, 0.15) is 17.3 Å². The quantitative estimate of drug-likeness (QED) is 0.460. The van der Waals surface area contributed by atoms with E-state index in [1.165, 1.54) is 41.8 Å². The van der Waals surface area contributed by atoms with E-state index >= 15 is 0 Å². The molecule has 0 bridgehead atoms. The number of carbonyl (C=O) groups excluding carboxylic acids is 1. The van der Waals surface area contributed by atoms with Crippen LogP contribution in [0.25, 0.3) is 0 Å². The average molecular weight is 448 g/mol. The first-order valence-corrected chi connectivity index (χ1v) is 11.5. The highest BCUT2D eigenvalue weighted by molar-refractivity contribution is 7.93. The number of hydrogen-bond acceptors (Lipinski definition) is 7. The van der Waals surface area contributed by atoms with Gasteiger partial charge in [-0.05, 0) is 49.4 Å². The lowest BCUT2D eigenvalue weighted by atomic mass is 10.2.